The Balaban J connectivity index is 2.55. The zero-order chi connectivity index (χ0) is 12.0. The molecule has 2 N–H and O–H groups in total. The first-order valence-corrected chi connectivity index (χ1v) is 5.94. The van der Waals surface area contributed by atoms with Gasteiger partial charge in [0.25, 0.3) is 0 Å². The van der Waals surface area contributed by atoms with Crippen molar-refractivity contribution in [1.82, 2.24) is 9.78 Å². The number of aryl methyl sites for hydroxylation is 1. The van der Waals surface area contributed by atoms with Gasteiger partial charge in [-0.3, -0.25) is 4.68 Å². The van der Waals surface area contributed by atoms with Gasteiger partial charge in [-0.1, -0.05) is 13.8 Å². The molecular formula is C12H23N3O. The summed E-state index contributed by atoms with van der Waals surface area (Å²) in [5.41, 5.74) is 7.91. The normalized spacial score (nSPS) is 11.2. The summed E-state index contributed by atoms with van der Waals surface area (Å²) in [4.78, 5) is 0. The second-order valence-electron chi connectivity index (χ2n) is 4.55. The Labute approximate surface area is 97.8 Å². The van der Waals surface area contributed by atoms with E-state index in [-0.39, 0.29) is 0 Å². The molecule has 1 aromatic heterocycles. The molecule has 0 aromatic carbocycles. The van der Waals surface area contributed by atoms with Crippen molar-refractivity contribution in [2.24, 2.45) is 5.92 Å². The molecule has 0 fully saturated rings. The first-order chi connectivity index (χ1) is 7.65. The monoisotopic (exact) mass is 225 g/mol. The highest BCUT2D eigenvalue weighted by Crippen LogP contribution is 2.16. The molecule has 1 aromatic rings. The topological polar surface area (TPSA) is 53.1 Å². The van der Waals surface area contributed by atoms with Crippen LogP contribution in [0.2, 0.25) is 0 Å². The predicted octanol–water partition coefficient (Wildman–Crippen LogP) is 2.09. The molecule has 0 aliphatic heterocycles. The Kier molecular flexibility index (Phi) is 5.32. The lowest BCUT2D eigenvalue weighted by Gasteiger charge is -2.09. The summed E-state index contributed by atoms with van der Waals surface area (Å²) in [5.74, 6) is 0.696. The Hall–Kier alpha value is -1.03. The highest BCUT2D eigenvalue weighted by atomic mass is 16.5. The molecule has 0 aliphatic rings. The lowest BCUT2D eigenvalue weighted by molar-refractivity contribution is 0.188. The van der Waals surface area contributed by atoms with Crippen LogP contribution in [0.1, 0.15) is 32.4 Å². The third-order valence-electron chi connectivity index (χ3n) is 2.66. The predicted molar refractivity (Wildman–Crippen MR) is 66.3 cm³/mol. The molecule has 0 atom stereocenters. The van der Waals surface area contributed by atoms with Gasteiger partial charge < -0.3 is 10.5 Å². The number of nitrogens with zero attached hydrogens (tertiary/aromatic N) is 2. The molecule has 0 aliphatic carbocycles. The van der Waals surface area contributed by atoms with Gasteiger partial charge in [-0.15, -0.1) is 0 Å². The van der Waals surface area contributed by atoms with Gasteiger partial charge in [-0.05, 0) is 25.2 Å². The highest BCUT2D eigenvalue weighted by molar-refractivity contribution is 5.40. The van der Waals surface area contributed by atoms with Crippen LogP contribution in [0.3, 0.4) is 0 Å². The molecule has 0 saturated carbocycles. The van der Waals surface area contributed by atoms with Gasteiger partial charge >= 0.3 is 0 Å². The third-order valence-corrected chi connectivity index (χ3v) is 2.66. The Morgan fingerprint density at radius 3 is 2.88 bits per heavy atom. The number of aromatic nitrogens is 2. The van der Waals surface area contributed by atoms with Crippen molar-refractivity contribution in [3.63, 3.8) is 0 Å². The quantitative estimate of drug-likeness (QED) is 0.723. The molecule has 0 unspecified atom stereocenters. The van der Waals surface area contributed by atoms with E-state index < -0.39 is 0 Å². The molecular weight excluding hydrogens is 202 g/mol. The number of ether oxygens (including phenoxy) is 1. The van der Waals surface area contributed by atoms with Gasteiger partial charge in [-0.2, -0.15) is 5.10 Å². The molecule has 92 valence electrons. The first-order valence-electron chi connectivity index (χ1n) is 5.94. The van der Waals surface area contributed by atoms with Gasteiger partial charge in [0.15, 0.2) is 0 Å². The molecule has 0 spiro atoms. The number of anilines is 1. The number of nitrogen functional groups attached to an aromatic ring is 1. The minimum atomic E-state index is 0.696. The van der Waals surface area contributed by atoms with Crippen molar-refractivity contribution in [1.29, 1.82) is 0 Å². The van der Waals surface area contributed by atoms with Crippen LogP contribution >= 0.6 is 0 Å². The Morgan fingerprint density at radius 1 is 1.50 bits per heavy atom. The molecule has 1 heterocycles. The van der Waals surface area contributed by atoms with Crippen LogP contribution in [0.4, 0.5) is 5.69 Å². The van der Waals surface area contributed by atoms with E-state index in [1.54, 1.807) is 13.3 Å². The van der Waals surface area contributed by atoms with Crippen LogP contribution in [-0.4, -0.2) is 23.5 Å². The maximum atomic E-state index is 5.92. The minimum Gasteiger partial charge on any atom is -0.396 e. The molecule has 0 bridgehead atoms. The minimum absolute atomic E-state index is 0.696. The molecule has 4 heteroatoms. The number of hydrogen-bond acceptors (Lipinski definition) is 3. The van der Waals surface area contributed by atoms with Gasteiger partial charge in [0.05, 0.1) is 17.6 Å². The van der Waals surface area contributed by atoms with Crippen LogP contribution in [-0.2, 0) is 17.7 Å². The van der Waals surface area contributed by atoms with E-state index in [9.17, 15) is 0 Å². The Bertz CT molecular complexity index is 307. The fourth-order valence-corrected chi connectivity index (χ4v) is 1.68. The van der Waals surface area contributed by atoms with Gasteiger partial charge in [0.1, 0.15) is 0 Å². The summed E-state index contributed by atoms with van der Waals surface area (Å²) in [6.45, 7) is 6.10. The Morgan fingerprint density at radius 2 is 2.25 bits per heavy atom. The summed E-state index contributed by atoms with van der Waals surface area (Å²) in [6.07, 6.45) is 4.89. The van der Waals surface area contributed by atoms with E-state index in [2.05, 4.69) is 18.9 Å². The van der Waals surface area contributed by atoms with Crippen LogP contribution in [0.25, 0.3) is 0 Å². The lowest BCUT2D eigenvalue weighted by Crippen LogP contribution is -2.09. The average molecular weight is 225 g/mol. The first kappa shape index (κ1) is 13.0. The average Bonchev–Trinajstić information content (AvgIpc) is 2.57. The van der Waals surface area contributed by atoms with E-state index >= 15 is 0 Å². The fraction of sp³-hybridized carbons (Fsp3) is 0.750. The summed E-state index contributed by atoms with van der Waals surface area (Å²) < 4.78 is 7.05. The smallest absolute Gasteiger partial charge is 0.0733 e. The summed E-state index contributed by atoms with van der Waals surface area (Å²) >= 11 is 0. The summed E-state index contributed by atoms with van der Waals surface area (Å²) in [6, 6.07) is 0. The van der Waals surface area contributed by atoms with Gasteiger partial charge in [-0.25, -0.2) is 0 Å². The van der Waals surface area contributed by atoms with E-state index in [0.717, 1.165) is 38.1 Å². The van der Waals surface area contributed by atoms with Crippen LogP contribution < -0.4 is 5.73 Å². The standard InChI is InChI=1S/C12H23N3O/c1-10(2)5-6-12-11(13)9-14-15(12)7-4-8-16-3/h9-10H,4-8,13H2,1-3H3. The summed E-state index contributed by atoms with van der Waals surface area (Å²) in [5, 5.41) is 4.30. The second-order valence-corrected chi connectivity index (χ2v) is 4.55. The third kappa shape index (κ3) is 3.85. The van der Waals surface area contributed by atoms with E-state index in [1.807, 2.05) is 4.68 Å². The zero-order valence-corrected chi connectivity index (χ0v) is 10.6. The van der Waals surface area contributed by atoms with Crippen LogP contribution in [0.5, 0.6) is 0 Å². The van der Waals surface area contributed by atoms with Crippen LogP contribution in [0, 0.1) is 5.92 Å². The fourth-order valence-electron chi connectivity index (χ4n) is 1.68. The highest BCUT2D eigenvalue weighted by Gasteiger charge is 2.08. The number of hydrogen-bond donors (Lipinski definition) is 1. The maximum absolute atomic E-state index is 5.92. The molecule has 1 rings (SSSR count). The molecule has 0 radical (unpaired) electrons. The van der Waals surface area contributed by atoms with Crippen molar-refractivity contribution < 1.29 is 4.74 Å². The molecule has 0 amide bonds. The SMILES string of the molecule is COCCCn1ncc(N)c1CCC(C)C. The number of rotatable bonds is 7. The summed E-state index contributed by atoms with van der Waals surface area (Å²) in [7, 11) is 1.72. The van der Waals surface area contributed by atoms with Crippen molar-refractivity contribution in [3.05, 3.63) is 11.9 Å². The maximum Gasteiger partial charge on any atom is 0.0733 e. The van der Waals surface area contributed by atoms with Crippen molar-refractivity contribution in [2.45, 2.75) is 39.7 Å². The molecule has 16 heavy (non-hydrogen) atoms. The van der Waals surface area contributed by atoms with E-state index in [0.29, 0.717) is 5.92 Å². The molecule has 4 nitrogen and oxygen atoms in total. The van der Waals surface area contributed by atoms with E-state index in [1.165, 1.54) is 5.69 Å². The largest absolute Gasteiger partial charge is 0.396 e. The van der Waals surface area contributed by atoms with Crippen molar-refractivity contribution in [3.8, 4) is 0 Å². The van der Waals surface area contributed by atoms with Crippen molar-refractivity contribution in [2.75, 3.05) is 19.5 Å². The second kappa shape index (κ2) is 6.53. The van der Waals surface area contributed by atoms with E-state index in [4.69, 9.17) is 10.5 Å². The molecule has 0 saturated heterocycles. The van der Waals surface area contributed by atoms with Crippen LogP contribution in [0.15, 0.2) is 6.20 Å². The zero-order valence-electron chi connectivity index (χ0n) is 10.6. The number of methoxy groups -OCH3 is 1. The van der Waals surface area contributed by atoms with Gasteiger partial charge in [0, 0.05) is 20.3 Å². The number of nitrogens with two attached hydrogens (primary N) is 1. The van der Waals surface area contributed by atoms with Gasteiger partial charge in [0.2, 0.25) is 0 Å². The lowest BCUT2D eigenvalue weighted by atomic mass is 10.1. The van der Waals surface area contributed by atoms with Crippen molar-refractivity contribution >= 4 is 5.69 Å².